The number of nitrogens with zero attached hydrogens (tertiary/aromatic N) is 13. The van der Waals surface area contributed by atoms with Gasteiger partial charge in [-0.2, -0.15) is 5.26 Å². The number of anilines is 6. The maximum Gasteiger partial charge on any atom is 0.208 e. The van der Waals surface area contributed by atoms with Crippen molar-refractivity contribution in [1.82, 2.24) is 48.3 Å². The summed E-state index contributed by atoms with van der Waals surface area (Å²) in [4.78, 5) is 33.2. The van der Waals surface area contributed by atoms with Crippen LogP contribution in [0.4, 0.5) is 34.5 Å². The van der Waals surface area contributed by atoms with Crippen molar-refractivity contribution in [3.05, 3.63) is 144 Å². The number of aryl methyl sites for hydroxylation is 6. The number of nitriles is 1. The van der Waals surface area contributed by atoms with E-state index in [2.05, 4.69) is 150 Å². The third-order valence-electron chi connectivity index (χ3n) is 17.4. The first-order chi connectivity index (χ1) is 40.9. The number of hydrogen-bond donors (Lipinski definition) is 2. The first-order valence-corrected chi connectivity index (χ1v) is 30.9. The van der Waals surface area contributed by atoms with E-state index in [9.17, 15) is 13.7 Å². The molecule has 6 aromatic heterocycles. The number of sulfonamides is 1. The van der Waals surface area contributed by atoms with E-state index in [1.54, 1.807) is 18.9 Å². The molecule has 3 aliphatic rings. The minimum absolute atomic E-state index is 0.0850. The van der Waals surface area contributed by atoms with Gasteiger partial charge in [-0.15, -0.1) is 0 Å². The van der Waals surface area contributed by atoms with Crippen LogP contribution in [0.2, 0.25) is 0 Å². The Bertz CT molecular complexity index is 4010. The van der Waals surface area contributed by atoms with Crippen molar-refractivity contribution < 1.29 is 22.6 Å². The number of hydrogen-bond acceptors (Lipinski definition) is 16. The first-order valence-electron chi connectivity index (χ1n) is 29.1. The molecule has 3 N–H and O–H groups in total. The second-order valence-corrected chi connectivity index (χ2v) is 24.9. The molecule has 12 rings (SSSR count). The molecule has 0 aliphatic carbocycles. The van der Waals surface area contributed by atoms with Gasteiger partial charge in [0.2, 0.25) is 10.0 Å². The minimum atomic E-state index is -3.20. The van der Waals surface area contributed by atoms with Crippen LogP contribution in [-0.2, 0) is 80.9 Å². The molecule has 3 aliphatic heterocycles. The second kappa shape index (κ2) is 25.0. The standard InChI is InChI=1S/C22H29N5O3S.C21H27N5O.C21H23N5O/c1-5-16-10-17(22(13-30-14-22)8-9-25-31(4,28)29)6-7-19(16)27(3)21-11-20-18(12-23-21)24-15-26(20)2;2*1-4-15-9-16(21(7-8-22)12-27-13-21)5-6-18(15)26(3)20-10-19-17(11-23-20)24-14-25(19)2/h6-7,10-12,15,25H,5,8-9,13-14H2,1-4H3;5-6,9-11,14H,4,7-8,12-13,22H2,1-3H3;5-6,9-11,14H,4,7,12-13H2,1-3H3. The predicted octanol–water partition coefficient (Wildman–Crippen LogP) is 8.90. The lowest BCUT2D eigenvalue weighted by atomic mass is 9.75. The fraction of sp³-hybridized carbons (Fsp3) is 0.422. The maximum absolute atomic E-state index is 11.4. The van der Waals surface area contributed by atoms with Gasteiger partial charge in [0, 0.05) is 101 Å². The fourth-order valence-electron chi connectivity index (χ4n) is 11.8. The summed E-state index contributed by atoms with van der Waals surface area (Å²) in [6.45, 7) is 11.6. The third kappa shape index (κ3) is 12.2. The van der Waals surface area contributed by atoms with Gasteiger partial charge in [0.05, 0.1) is 112 Å². The Morgan fingerprint density at radius 2 is 0.894 bits per heavy atom. The van der Waals surface area contributed by atoms with Crippen molar-refractivity contribution in [2.75, 3.05) is 94.8 Å². The summed E-state index contributed by atoms with van der Waals surface area (Å²) in [5, 5.41) is 9.21. The summed E-state index contributed by atoms with van der Waals surface area (Å²) in [6, 6.07) is 28.3. The number of fused-ring (bicyclic) bond motifs is 3. The Balaban J connectivity index is 0.000000142. The second-order valence-electron chi connectivity index (χ2n) is 23.0. The molecule has 3 aromatic carbocycles. The molecule has 0 unspecified atom stereocenters. The van der Waals surface area contributed by atoms with Gasteiger partial charge in [-0.1, -0.05) is 57.2 Å². The molecular weight excluding hydrogens is 1090 g/mol. The fourth-order valence-corrected chi connectivity index (χ4v) is 12.3. The minimum Gasteiger partial charge on any atom is -0.379 e. The average molecular weight is 1170 g/mol. The number of imidazole rings is 3. The van der Waals surface area contributed by atoms with Crippen molar-refractivity contribution in [3.63, 3.8) is 0 Å². The van der Waals surface area contributed by atoms with Crippen LogP contribution in [0.15, 0.2) is 110 Å². The van der Waals surface area contributed by atoms with E-state index in [0.717, 1.165) is 101 Å². The van der Waals surface area contributed by atoms with E-state index in [-0.39, 0.29) is 16.2 Å². The lowest BCUT2D eigenvalue weighted by Crippen LogP contribution is -2.48. The molecule has 85 heavy (non-hydrogen) atoms. The van der Waals surface area contributed by atoms with Crippen molar-refractivity contribution >= 4 is 77.6 Å². The molecule has 3 fully saturated rings. The Kier molecular flexibility index (Phi) is 17.7. The molecule has 0 saturated carbocycles. The van der Waals surface area contributed by atoms with Crippen LogP contribution in [0.3, 0.4) is 0 Å². The zero-order valence-electron chi connectivity index (χ0n) is 50.6. The van der Waals surface area contributed by atoms with Gasteiger partial charge >= 0.3 is 0 Å². The topological polar surface area (TPSA) is 226 Å². The number of pyridine rings is 3. The molecule has 0 atom stereocenters. The van der Waals surface area contributed by atoms with Crippen LogP contribution in [0.25, 0.3) is 33.1 Å². The van der Waals surface area contributed by atoms with Gasteiger partial charge in [-0.05, 0) is 90.2 Å². The summed E-state index contributed by atoms with van der Waals surface area (Å²) in [6.07, 6.45) is 17.0. The Morgan fingerprint density at radius 1 is 0.553 bits per heavy atom. The highest BCUT2D eigenvalue weighted by Gasteiger charge is 2.42. The van der Waals surface area contributed by atoms with Crippen molar-refractivity contribution in [2.45, 2.75) is 75.5 Å². The number of rotatable bonds is 19. The highest BCUT2D eigenvalue weighted by Crippen LogP contribution is 2.42. The number of nitrogens with two attached hydrogens (primary N) is 1. The number of benzene rings is 3. The normalized spacial score (nSPS) is 15.6. The predicted molar refractivity (Wildman–Crippen MR) is 336 cm³/mol. The SMILES string of the molecule is CCc1cc(C2(CC#N)COC2)ccc1N(C)c1cc2c(cn1)ncn2C.CCc1cc(C2(CCN)COC2)ccc1N(C)c1cc2c(cn1)ncn2C.CCc1cc(C2(CCNS(C)(=O)=O)COC2)ccc1N(C)c1cc2c(cn1)ncn2C. The monoisotopic (exact) mass is 1170 g/mol. The van der Waals surface area contributed by atoms with E-state index in [4.69, 9.17) is 19.9 Å². The van der Waals surface area contributed by atoms with Crippen molar-refractivity contribution in [3.8, 4) is 6.07 Å². The number of aromatic nitrogens is 9. The molecule has 0 radical (unpaired) electrons. The number of nitrogens with one attached hydrogen (secondary N) is 1. The van der Waals surface area contributed by atoms with Gasteiger partial charge < -0.3 is 48.3 Å². The van der Waals surface area contributed by atoms with Gasteiger partial charge in [0.1, 0.15) is 34.0 Å². The van der Waals surface area contributed by atoms with Crippen LogP contribution < -0.4 is 25.2 Å². The smallest absolute Gasteiger partial charge is 0.208 e. The van der Waals surface area contributed by atoms with Crippen LogP contribution >= 0.6 is 0 Å². The summed E-state index contributed by atoms with van der Waals surface area (Å²) in [5.41, 5.74) is 22.4. The van der Waals surface area contributed by atoms with Crippen LogP contribution in [0, 0.1) is 11.3 Å². The summed E-state index contributed by atoms with van der Waals surface area (Å²) < 4.78 is 48.0. The molecule has 20 nitrogen and oxygen atoms in total. The molecule has 9 aromatic rings. The largest absolute Gasteiger partial charge is 0.379 e. The van der Waals surface area contributed by atoms with Gasteiger partial charge in [0.25, 0.3) is 0 Å². The average Bonchev–Trinajstić information content (AvgIpc) is 4.40. The van der Waals surface area contributed by atoms with E-state index in [1.807, 2.05) is 73.7 Å². The summed E-state index contributed by atoms with van der Waals surface area (Å²) in [7, 11) is 8.90. The zero-order chi connectivity index (χ0) is 60.3. The molecular formula is C64H79N15O5S. The van der Waals surface area contributed by atoms with E-state index in [0.29, 0.717) is 52.4 Å². The van der Waals surface area contributed by atoms with Crippen molar-refractivity contribution in [1.29, 1.82) is 5.26 Å². The Morgan fingerprint density at radius 3 is 1.19 bits per heavy atom. The molecule has 9 heterocycles. The highest BCUT2D eigenvalue weighted by atomic mass is 32.2. The van der Waals surface area contributed by atoms with Gasteiger partial charge in [-0.25, -0.2) is 43.0 Å². The Labute approximate surface area is 498 Å². The van der Waals surface area contributed by atoms with Crippen LogP contribution in [-0.4, -0.2) is 132 Å². The van der Waals surface area contributed by atoms with Crippen molar-refractivity contribution in [2.24, 2.45) is 26.9 Å². The first kappa shape index (κ1) is 60.3. The molecule has 0 bridgehead atoms. The quantitative estimate of drug-likeness (QED) is 0.0771. The third-order valence-corrected chi connectivity index (χ3v) is 18.1. The summed E-state index contributed by atoms with van der Waals surface area (Å²) >= 11 is 0. The van der Waals surface area contributed by atoms with Gasteiger partial charge in [-0.3, -0.25) is 0 Å². The van der Waals surface area contributed by atoms with Crippen LogP contribution in [0.5, 0.6) is 0 Å². The molecule has 3 saturated heterocycles. The highest BCUT2D eigenvalue weighted by molar-refractivity contribution is 7.88. The molecule has 446 valence electrons. The van der Waals surface area contributed by atoms with Gasteiger partial charge in [0.15, 0.2) is 0 Å². The maximum atomic E-state index is 11.4. The lowest BCUT2D eigenvalue weighted by molar-refractivity contribution is -0.0635. The molecule has 0 spiro atoms. The van der Waals surface area contributed by atoms with E-state index >= 15 is 0 Å². The number of ether oxygens (including phenoxy) is 3. The van der Waals surface area contributed by atoms with Crippen LogP contribution in [0.1, 0.15) is 73.4 Å². The summed E-state index contributed by atoms with van der Waals surface area (Å²) in [5.74, 6) is 2.65. The Hall–Kier alpha value is -7.84. The zero-order valence-corrected chi connectivity index (χ0v) is 51.4. The van der Waals surface area contributed by atoms with E-state index < -0.39 is 10.0 Å². The van der Waals surface area contributed by atoms with E-state index in [1.165, 1.54) is 45.3 Å². The molecule has 0 amide bonds. The lowest BCUT2D eigenvalue weighted by Gasteiger charge is -2.42. The molecule has 21 heteroatoms.